The molecule has 1 unspecified atom stereocenters. The molecule has 2 aliphatic rings. The van der Waals surface area contributed by atoms with Crippen molar-refractivity contribution in [3.05, 3.63) is 59.8 Å². The number of hydrogen-bond donors (Lipinski definition) is 0. The summed E-state index contributed by atoms with van der Waals surface area (Å²) in [7, 11) is 1.42. The maximum absolute atomic E-state index is 14.4. The molecule has 0 aromatic carbocycles. The smallest absolute Gasteiger partial charge is 0.410 e. The molecular formula is C31H38F2N8O4. The van der Waals surface area contributed by atoms with Gasteiger partial charge in [0.25, 0.3) is 0 Å². The molecule has 1 saturated carbocycles. The number of nitrogens with zero attached hydrogens (tertiary/aromatic N) is 8. The number of aromatic nitrogens is 6. The van der Waals surface area contributed by atoms with Crippen LogP contribution in [0, 0.1) is 18.6 Å². The van der Waals surface area contributed by atoms with Crippen LogP contribution < -0.4 is 4.74 Å². The minimum absolute atomic E-state index is 0.0422. The van der Waals surface area contributed by atoms with Gasteiger partial charge in [0.2, 0.25) is 0 Å². The van der Waals surface area contributed by atoms with Crippen molar-refractivity contribution in [3.63, 3.8) is 0 Å². The van der Waals surface area contributed by atoms with Gasteiger partial charge in [-0.3, -0.25) is 14.3 Å². The van der Waals surface area contributed by atoms with Crippen LogP contribution in [0.25, 0.3) is 16.9 Å². The number of amides is 1. The third kappa shape index (κ3) is 6.47. The Kier molecular flexibility index (Phi) is 8.44. The van der Waals surface area contributed by atoms with E-state index in [9.17, 15) is 13.6 Å². The minimum atomic E-state index is -0.859. The summed E-state index contributed by atoms with van der Waals surface area (Å²) >= 11 is 0. The second kappa shape index (κ2) is 12.3. The Morgan fingerprint density at radius 3 is 2.51 bits per heavy atom. The van der Waals surface area contributed by atoms with Gasteiger partial charge in [-0.1, -0.05) is 5.21 Å². The summed E-state index contributed by atoms with van der Waals surface area (Å²) in [5.41, 5.74) is 2.53. The van der Waals surface area contributed by atoms with Crippen LogP contribution >= 0.6 is 0 Å². The number of rotatable bonds is 8. The Bertz CT molecular complexity index is 1670. The van der Waals surface area contributed by atoms with Crippen LogP contribution in [0.2, 0.25) is 0 Å². The van der Waals surface area contributed by atoms with Crippen LogP contribution in [0.1, 0.15) is 57.1 Å². The van der Waals surface area contributed by atoms with Crippen LogP contribution in [0.3, 0.4) is 0 Å². The summed E-state index contributed by atoms with van der Waals surface area (Å²) in [6, 6.07) is 5.18. The SMILES string of the molecule is COC(COc1cc(-c2nnn(C3CC(N4CCN(C(=O)OC(C)(C)C)CC4)C3)c2C)cc2nccn12)c1ncc(F)cc1F. The van der Waals surface area contributed by atoms with E-state index in [1.807, 2.05) is 44.5 Å². The first-order valence-electron chi connectivity index (χ1n) is 15.1. The third-order valence-corrected chi connectivity index (χ3v) is 8.40. The van der Waals surface area contributed by atoms with Crippen molar-refractivity contribution in [1.29, 1.82) is 0 Å². The molecule has 1 atom stereocenters. The van der Waals surface area contributed by atoms with Crippen LogP contribution in [0.15, 0.2) is 36.8 Å². The molecular weight excluding hydrogens is 586 g/mol. The Morgan fingerprint density at radius 1 is 1.07 bits per heavy atom. The van der Waals surface area contributed by atoms with E-state index in [1.165, 1.54) is 7.11 Å². The van der Waals surface area contributed by atoms with E-state index in [0.717, 1.165) is 49.5 Å². The zero-order valence-electron chi connectivity index (χ0n) is 26.1. The Labute approximate surface area is 259 Å². The first kappa shape index (κ1) is 30.8. The molecule has 240 valence electrons. The number of halogens is 2. The maximum atomic E-state index is 14.4. The van der Waals surface area contributed by atoms with Crippen LogP contribution in [-0.2, 0) is 9.47 Å². The Morgan fingerprint density at radius 2 is 1.82 bits per heavy atom. The Balaban J connectivity index is 1.11. The predicted molar refractivity (Wildman–Crippen MR) is 160 cm³/mol. The number of pyridine rings is 2. The number of hydrogen-bond acceptors (Lipinski definition) is 9. The minimum Gasteiger partial charge on any atom is -0.475 e. The molecule has 6 rings (SSSR count). The first-order valence-corrected chi connectivity index (χ1v) is 15.1. The van der Waals surface area contributed by atoms with Gasteiger partial charge in [-0.25, -0.2) is 23.2 Å². The molecule has 0 N–H and O–H groups in total. The summed E-state index contributed by atoms with van der Waals surface area (Å²) < 4.78 is 48.6. The van der Waals surface area contributed by atoms with Gasteiger partial charge in [-0.05, 0) is 46.6 Å². The van der Waals surface area contributed by atoms with Gasteiger partial charge < -0.3 is 19.1 Å². The monoisotopic (exact) mass is 624 g/mol. The van der Waals surface area contributed by atoms with Crippen molar-refractivity contribution >= 4 is 11.7 Å². The number of piperazine rings is 1. The molecule has 12 nitrogen and oxygen atoms in total. The lowest BCUT2D eigenvalue weighted by Gasteiger charge is -2.46. The number of carbonyl (C=O) groups is 1. The van der Waals surface area contributed by atoms with Crippen molar-refractivity contribution in [2.75, 3.05) is 39.9 Å². The van der Waals surface area contributed by atoms with Crippen molar-refractivity contribution in [2.45, 2.75) is 64.3 Å². The fraction of sp³-hybridized carbons (Fsp3) is 0.516. The number of carbonyl (C=O) groups excluding carboxylic acids is 1. The molecule has 1 saturated heterocycles. The number of fused-ring (bicyclic) bond motifs is 1. The molecule has 0 radical (unpaired) electrons. The molecule has 1 aliphatic carbocycles. The quantitative estimate of drug-likeness (QED) is 0.278. The number of ether oxygens (including phenoxy) is 3. The fourth-order valence-electron chi connectivity index (χ4n) is 5.93. The fourth-order valence-corrected chi connectivity index (χ4v) is 5.93. The molecule has 0 spiro atoms. The molecule has 5 heterocycles. The highest BCUT2D eigenvalue weighted by Crippen LogP contribution is 2.38. The molecule has 4 aromatic heterocycles. The van der Waals surface area contributed by atoms with E-state index in [4.69, 9.17) is 14.2 Å². The largest absolute Gasteiger partial charge is 0.475 e. The van der Waals surface area contributed by atoms with Crippen molar-refractivity contribution in [3.8, 4) is 17.1 Å². The predicted octanol–water partition coefficient (Wildman–Crippen LogP) is 4.60. The number of imidazole rings is 1. The second-order valence-electron chi connectivity index (χ2n) is 12.5. The third-order valence-electron chi connectivity index (χ3n) is 8.40. The normalized spacial score (nSPS) is 19.8. The maximum Gasteiger partial charge on any atom is 0.410 e. The van der Waals surface area contributed by atoms with Gasteiger partial charge in [0, 0.05) is 69.4 Å². The van der Waals surface area contributed by atoms with Gasteiger partial charge in [-0.2, -0.15) is 0 Å². The summed E-state index contributed by atoms with van der Waals surface area (Å²) in [5.74, 6) is -1.12. The van der Waals surface area contributed by atoms with Gasteiger partial charge in [0.1, 0.15) is 47.0 Å². The van der Waals surface area contributed by atoms with Gasteiger partial charge in [0.15, 0.2) is 5.88 Å². The molecule has 2 fully saturated rings. The van der Waals surface area contributed by atoms with Crippen molar-refractivity contribution in [1.82, 2.24) is 39.2 Å². The molecule has 1 aliphatic heterocycles. The van der Waals surface area contributed by atoms with Crippen LogP contribution in [0.5, 0.6) is 5.88 Å². The summed E-state index contributed by atoms with van der Waals surface area (Å²) in [4.78, 5) is 25.0. The number of methoxy groups -OCH3 is 1. The van der Waals surface area contributed by atoms with Gasteiger partial charge >= 0.3 is 6.09 Å². The highest BCUT2D eigenvalue weighted by molar-refractivity contribution is 5.68. The van der Waals surface area contributed by atoms with Crippen molar-refractivity contribution < 1.29 is 27.8 Å². The lowest BCUT2D eigenvalue weighted by molar-refractivity contribution is -0.00173. The summed E-state index contributed by atoms with van der Waals surface area (Å²) in [5, 5.41) is 9.04. The van der Waals surface area contributed by atoms with E-state index in [2.05, 4.69) is 25.2 Å². The zero-order chi connectivity index (χ0) is 31.9. The van der Waals surface area contributed by atoms with E-state index in [0.29, 0.717) is 36.4 Å². The van der Waals surface area contributed by atoms with Crippen molar-refractivity contribution in [2.24, 2.45) is 0 Å². The van der Waals surface area contributed by atoms with E-state index in [-0.39, 0.29) is 24.4 Å². The first-order chi connectivity index (χ1) is 21.5. The molecule has 45 heavy (non-hydrogen) atoms. The molecule has 0 bridgehead atoms. The van der Waals surface area contributed by atoms with Gasteiger partial charge in [-0.15, -0.1) is 5.10 Å². The molecule has 14 heteroatoms. The van der Waals surface area contributed by atoms with Gasteiger partial charge in [0.05, 0.1) is 17.9 Å². The van der Waals surface area contributed by atoms with E-state index in [1.54, 1.807) is 21.7 Å². The average molecular weight is 625 g/mol. The topological polar surface area (TPSA) is 112 Å². The van der Waals surface area contributed by atoms with Crippen LogP contribution in [0.4, 0.5) is 13.6 Å². The molecule has 1 amide bonds. The van der Waals surface area contributed by atoms with E-state index >= 15 is 0 Å². The van der Waals surface area contributed by atoms with E-state index < -0.39 is 23.3 Å². The molecule has 4 aromatic rings. The average Bonchev–Trinajstić information content (AvgIpc) is 3.59. The zero-order valence-corrected chi connectivity index (χ0v) is 26.1. The second-order valence-corrected chi connectivity index (χ2v) is 12.5. The van der Waals surface area contributed by atoms with Crippen LogP contribution in [-0.4, -0.2) is 96.8 Å². The summed E-state index contributed by atoms with van der Waals surface area (Å²) in [6.45, 7) is 10.5. The standard InChI is InChI=1S/C31H38F2N8O4/c1-19-28(36-37-41(19)23-15-22(16-23)38-8-10-39(11-9-38)30(42)45-31(2,3)4)20-12-26-34-6-7-40(26)27(13-20)44-18-25(43-5)29-24(33)14-21(32)17-35-29/h6-7,12-14,17,22-23,25H,8-11,15-16,18H2,1-5H3. The lowest BCUT2D eigenvalue weighted by atomic mass is 9.85. The highest BCUT2D eigenvalue weighted by atomic mass is 19.1. The Hall–Kier alpha value is -4.17. The highest BCUT2D eigenvalue weighted by Gasteiger charge is 2.38. The summed E-state index contributed by atoms with van der Waals surface area (Å²) in [6.07, 6.45) is 5.17. The lowest BCUT2D eigenvalue weighted by Crippen LogP contribution is -2.55.